The molecule has 0 radical (unpaired) electrons. The molecule has 2 aromatic carbocycles. The second-order valence-corrected chi connectivity index (χ2v) is 12.4. The van der Waals surface area contributed by atoms with Gasteiger partial charge in [0.25, 0.3) is 5.91 Å². The van der Waals surface area contributed by atoms with E-state index in [0.717, 1.165) is 25.0 Å². The summed E-state index contributed by atoms with van der Waals surface area (Å²) in [4.78, 5) is 12.9. The summed E-state index contributed by atoms with van der Waals surface area (Å²) < 4.78 is 85.2. The number of pyridine rings is 1. The minimum Gasteiger partial charge on any atom is -0.423 e. The third-order valence-corrected chi connectivity index (χ3v) is 8.65. The maximum absolute atomic E-state index is 14.5. The number of carbonyl (C=O) groups excluding carboxylic acids is 1. The van der Waals surface area contributed by atoms with Crippen LogP contribution in [0.25, 0.3) is 16.8 Å². The number of hydrogen-bond acceptors (Lipinski definition) is 6. The molecular weight excluding hydrogens is 615 g/mol. The van der Waals surface area contributed by atoms with Crippen LogP contribution in [-0.2, 0) is 28.5 Å². The van der Waals surface area contributed by atoms with Gasteiger partial charge in [0, 0.05) is 35.8 Å². The van der Waals surface area contributed by atoms with Gasteiger partial charge in [-0.25, -0.2) is 22.0 Å². The van der Waals surface area contributed by atoms with Crippen molar-refractivity contribution in [2.24, 2.45) is 0 Å². The topological polar surface area (TPSA) is 133 Å². The first kappa shape index (κ1) is 30.9. The molecule has 1 aliphatic rings. The lowest BCUT2D eigenvalue weighted by atomic mass is 9.78. The molecule has 43 heavy (non-hydrogen) atoms. The molecule has 1 aliphatic carbocycles. The molecule has 0 bridgehead atoms. The number of fused-ring (bicyclic) bond motifs is 1. The predicted molar refractivity (Wildman–Crippen MR) is 152 cm³/mol. The highest BCUT2D eigenvalue weighted by Gasteiger charge is 2.39. The summed E-state index contributed by atoms with van der Waals surface area (Å²) in [6, 6.07) is 9.91. The van der Waals surface area contributed by atoms with Crippen molar-refractivity contribution in [3.63, 3.8) is 0 Å². The van der Waals surface area contributed by atoms with Gasteiger partial charge in [-0.2, -0.15) is 18.3 Å². The van der Waals surface area contributed by atoms with Crippen LogP contribution in [0, 0.1) is 5.82 Å². The third-order valence-electron chi connectivity index (χ3n) is 7.13. The molecule has 9 nitrogen and oxygen atoms in total. The Morgan fingerprint density at radius 1 is 1.14 bits per heavy atom. The Hall–Kier alpha value is -3.50. The molecule has 1 saturated carbocycles. The molecule has 0 spiro atoms. The molecule has 4 aromatic rings. The molecule has 0 atom stereocenters. The average molecular weight is 639 g/mol. The molecule has 0 aliphatic heterocycles. The number of nitrogens with zero attached hydrogens (tertiary/aromatic N) is 2. The summed E-state index contributed by atoms with van der Waals surface area (Å²) in [5.41, 5.74) is -0.869. The van der Waals surface area contributed by atoms with Crippen LogP contribution in [0.1, 0.15) is 51.4 Å². The standard InChI is InChI=1S/C27H24BClF4N4O5S/c1-34-26(38)22-21-10-19(14-2-3-14)17(12-37(21)36-25(22)15-4-7-18(29)8-5-15)13-43(41,42)35-11-16-6-9-20(28(39)40)24(30)23(16)27(31,32)33/h4-10,12,14,35,39-40H,2-3,11,13H2,1H3,(H,34,38). The summed E-state index contributed by atoms with van der Waals surface area (Å²) >= 11 is 6.01. The normalized spacial score (nSPS) is 13.9. The van der Waals surface area contributed by atoms with E-state index in [2.05, 4.69) is 15.1 Å². The van der Waals surface area contributed by atoms with Crippen molar-refractivity contribution in [2.45, 2.75) is 37.2 Å². The quantitative estimate of drug-likeness (QED) is 0.164. The number of amides is 1. The van der Waals surface area contributed by atoms with E-state index >= 15 is 0 Å². The Morgan fingerprint density at radius 3 is 2.40 bits per heavy atom. The lowest BCUT2D eigenvalue weighted by molar-refractivity contribution is -0.140. The van der Waals surface area contributed by atoms with Crippen molar-refractivity contribution in [1.29, 1.82) is 0 Å². The molecule has 4 N–H and O–H groups in total. The first-order chi connectivity index (χ1) is 20.2. The number of aromatic nitrogens is 2. The Labute approximate surface area is 248 Å². The van der Waals surface area contributed by atoms with Gasteiger partial charge >= 0.3 is 13.3 Å². The van der Waals surface area contributed by atoms with Crippen molar-refractivity contribution >= 4 is 45.6 Å². The van der Waals surface area contributed by atoms with Gasteiger partial charge in [-0.05, 0) is 53.6 Å². The van der Waals surface area contributed by atoms with Crippen LogP contribution in [0.3, 0.4) is 0 Å². The molecule has 16 heteroatoms. The average Bonchev–Trinajstić information content (AvgIpc) is 3.71. The van der Waals surface area contributed by atoms with Gasteiger partial charge in [-0.15, -0.1) is 0 Å². The number of carbonyl (C=O) groups is 1. The van der Waals surface area contributed by atoms with Crippen molar-refractivity contribution in [2.75, 3.05) is 7.05 Å². The Kier molecular flexibility index (Phi) is 8.31. The molecule has 1 fully saturated rings. The minimum absolute atomic E-state index is 0.0185. The maximum atomic E-state index is 14.5. The number of nitrogens with one attached hydrogen (secondary N) is 2. The van der Waals surface area contributed by atoms with Gasteiger partial charge in [0.05, 0.1) is 22.4 Å². The Balaban J connectivity index is 1.51. The van der Waals surface area contributed by atoms with Gasteiger partial charge in [0.2, 0.25) is 10.0 Å². The third kappa shape index (κ3) is 6.41. The molecule has 2 heterocycles. The molecule has 0 unspecified atom stereocenters. The molecule has 5 rings (SSSR count). The summed E-state index contributed by atoms with van der Waals surface area (Å²) in [6.07, 6.45) is -2.19. The van der Waals surface area contributed by atoms with Gasteiger partial charge < -0.3 is 15.4 Å². The van der Waals surface area contributed by atoms with E-state index in [4.69, 9.17) is 11.6 Å². The summed E-state index contributed by atoms with van der Waals surface area (Å²) in [6.45, 7) is -0.903. The van der Waals surface area contributed by atoms with Crippen LogP contribution in [0.2, 0.25) is 5.02 Å². The number of halogens is 5. The highest BCUT2D eigenvalue weighted by atomic mass is 35.5. The van der Waals surface area contributed by atoms with Crippen molar-refractivity contribution in [1.82, 2.24) is 19.7 Å². The molecule has 2 aromatic heterocycles. The number of hydrogen-bond donors (Lipinski definition) is 4. The molecular formula is C27H24BClF4N4O5S. The highest BCUT2D eigenvalue weighted by molar-refractivity contribution is 7.88. The largest absolute Gasteiger partial charge is 0.491 e. The number of benzene rings is 2. The predicted octanol–water partition coefficient (Wildman–Crippen LogP) is 3.35. The van der Waals surface area contributed by atoms with E-state index < -0.39 is 63.9 Å². The second-order valence-electron chi connectivity index (χ2n) is 10.1. The van der Waals surface area contributed by atoms with E-state index in [1.165, 1.54) is 17.8 Å². The van der Waals surface area contributed by atoms with Gasteiger partial charge in [0.1, 0.15) is 11.5 Å². The van der Waals surface area contributed by atoms with E-state index in [-0.39, 0.29) is 11.5 Å². The fourth-order valence-electron chi connectivity index (χ4n) is 4.93. The van der Waals surface area contributed by atoms with Crippen LogP contribution in [0.4, 0.5) is 17.6 Å². The van der Waals surface area contributed by atoms with E-state index in [9.17, 15) is 40.8 Å². The lowest BCUT2D eigenvalue weighted by Crippen LogP contribution is -2.36. The Morgan fingerprint density at radius 2 is 1.81 bits per heavy atom. The minimum atomic E-state index is -5.23. The monoisotopic (exact) mass is 638 g/mol. The lowest BCUT2D eigenvalue weighted by Gasteiger charge is -2.17. The number of rotatable bonds is 9. The van der Waals surface area contributed by atoms with Crippen LogP contribution >= 0.6 is 11.6 Å². The summed E-state index contributed by atoms with van der Waals surface area (Å²) in [5.74, 6) is -2.92. The first-order valence-electron chi connectivity index (χ1n) is 12.9. The molecule has 226 valence electrons. The smallest absolute Gasteiger partial charge is 0.423 e. The highest BCUT2D eigenvalue weighted by Crippen LogP contribution is 2.43. The number of sulfonamides is 1. The molecule has 0 saturated heterocycles. The van der Waals surface area contributed by atoms with Crippen LogP contribution in [0.5, 0.6) is 0 Å². The SMILES string of the molecule is CNC(=O)c1c(-c2ccc(Cl)cc2)nn2cc(CS(=O)(=O)NCc3ccc(B(O)O)c(F)c3C(F)(F)F)c(C3CC3)cc12. The zero-order chi connectivity index (χ0) is 31.3. The Bertz CT molecular complexity index is 1830. The fourth-order valence-corrected chi connectivity index (χ4v) is 6.18. The fraction of sp³-hybridized carbons (Fsp3) is 0.259. The molecule has 1 amide bonds. The van der Waals surface area contributed by atoms with Crippen LogP contribution in [-0.4, -0.2) is 48.2 Å². The van der Waals surface area contributed by atoms with Gasteiger partial charge in [0.15, 0.2) is 0 Å². The van der Waals surface area contributed by atoms with Crippen molar-refractivity contribution in [3.8, 4) is 11.3 Å². The maximum Gasteiger partial charge on any atom is 0.491 e. The zero-order valence-corrected chi connectivity index (χ0v) is 24.0. The summed E-state index contributed by atoms with van der Waals surface area (Å²) in [5, 5.41) is 26.0. The van der Waals surface area contributed by atoms with Crippen molar-refractivity contribution in [3.05, 3.63) is 87.3 Å². The number of alkyl halides is 3. The van der Waals surface area contributed by atoms with E-state index in [1.807, 2.05) is 0 Å². The first-order valence-corrected chi connectivity index (χ1v) is 15.0. The van der Waals surface area contributed by atoms with Gasteiger partial charge in [-0.3, -0.25) is 4.79 Å². The zero-order valence-electron chi connectivity index (χ0n) is 22.4. The van der Waals surface area contributed by atoms with E-state index in [0.29, 0.717) is 32.9 Å². The summed E-state index contributed by atoms with van der Waals surface area (Å²) in [7, 11) is -5.30. The van der Waals surface area contributed by atoms with Crippen molar-refractivity contribution < 1.29 is 40.8 Å². The van der Waals surface area contributed by atoms with Crippen LogP contribution in [0.15, 0.2) is 48.7 Å². The van der Waals surface area contributed by atoms with Crippen LogP contribution < -0.4 is 15.5 Å². The second kappa shape index (κ2) is 11.5. The van der Waals surface area contributed by atoms with Gasteiger partial charge in [-0.1, -0.05) is 35.9 Å². The van der Waals surface area contributed by atoms with E-state index in [1.54, 1.807) is 30.3 Å².